The van der Waals surface area contributed by atoms with Gasteiger partial charge in [0.1, 0.15) is 6.61 Å². The highest BCUT2D eigenvalue weighted by molar-refractivity contribution is 5.94. The van der Waals surface area contributed by atoms with E-state index in [0.717, 1.165) is 5.56 Å². The third kappa shape index (κ3) is 3.71. The van der Waals surface area contributed by atoms with Gasteiger partial charge in [-0.3, -0.25) is 4.79 Å². The predicted octanol–water partition coefficient (Wildman–Crippen LogP) is 2.11. The minimum atomic E-state index is -0.331. The zero-order valence-electron chi connectivity index (χ0n) is 12.8. The molecule has 2 amide bonds. The van der Waals surface area contributed by atoms with Gasteiger partial charge in [0.2, 0.25) is 0 Å². The summed E-state index contributed by atoms with van der Waals surface area (Å²) in [5.41, 5.74) is 1.60. The van der Waals surface area contributed by atoms with E-state index in [1.807, 2.05) is 30.3 Å². The molecular weight excluding hydrogens is 294 g/mol. The fourth-order valence-electron chi connectivity index (χ4n) is 2.54. The van der Waals surface area contributed by atoms with E-state index in [-0.39, 0.29) is 18.6 Å². The number of nitrogens with one attached hydrogen (secondary N) is 1. The molecule has 1 aromatic heterocycles. The first-order chi connectivity index (χ1) is 11.2. The molecule has 1 saturated heterocycles. The second-order valence-corrected chi connectivity index (χ2v) is 5.42. The van der Waals surface area contributed by atoms with Gasteiger partial charge >= 0.3 is 6.09 Å². The van der Waals surface area contributed by atoms with Crippen LogP contribution in [0, 0.1) is 0 Å². The molecule has 0 unspecified atom stereocenters. The molecule has 1 N–H and O–H groups in total. The van der Waals surface area contributed by atoms with Crippen molar-refractivity contribution in [3.63, 3.8) is 0 Å². The minimum Gasteiger partial charge on any atom is -0.445 e. The Morgan fingerprint density at radius 1 is 1.00 bits per heavy atom. The molecular formula is C17H19N3O3. The van der Waals surface area contributed by atoms with Gasteiger partial charge < -0.3 is 19.5 Å². The first kappa shape index (κ1) is 15.1. The number of amides is 2. The molecule has 1 aliphatic rings. The van der Waals surface area contributed by atoms with Crippen molar-refractivity contribution in [1.82, 2.24) is 14.8 Å². The lowest BCUT2D eigenvalue weighted by molar-refractivity contribution is 0.0544. The molecule has 3 rings (SSSR count). The van der Waals surface area contributed by atoms with Gasteiger partial charge in [-0.25, -0.2) is 4.79 Å². The molecule has 1 aromatic carbocycles. The van der Waals surface area contributed by atoms with E-state index >= 15 is 0 Å². The first-order valence-corrected chi connectivity index (χ1v) is 7.62. The Morgan fingerprint density at radius 3 is 2.35 bits per heavy atom. The van der Waals surface area contributed by atoms with E-state index in [9.17, 15) is 9.59 Å². The van der Waals surface area contributed by atoms with Crippen molar-refractivity contribution < 1.29 is 14.3 Å². The quantitative estimate of drug-likeness (QED) is 0.944. The van der Waals surface area contributed by atoms with E-state index in [2.05, 4.69) is 4.98 Å². The van der Waals surface area contributed by atoms with E-state index in [4.69, 9.17) is 4.74 Å². The van der Waals surface area contributed by atoms with Gasteiger partial charge in [0, 0.05) is 38.6 Å². The van der Waals surface area contributed by atoms with Gasteiger partial charge in [-0.05, 0) is 11.6 Å². The molecule has 0 radical (unpaired) electrons. The molecule has 120 valence electrons. The van der Waals surface area contributed by atoms with Gasteiger partial charge in [0.05, 0.1) is 5.56 Å². The molecule has 6 nitrogen and oxygen atoms in total. The molecule has 1 fully saturated rings. The summed E-state index contributed by atoms with van der Waals surface area (Å²) in [6.45, 7) is 2.28. The third-order valence-electron chi connectivity index (χ3n) is 3.88. The van der Waals surface area contributed by atoms with E-state index in [1.54, 1.807) is 28.3 Å². The highest BCUT2D eigenvalue weighted by Gasteiger charge is 2.25. The number of hydrogen-bond acceptors (Lipinski definition) is 3. The number of H-pyrrole nitrogens is 1. The van der Waals surface area contributed by atoms with Crippen LogP contribution in [0.1, 0.15) is 15.9 Å². The summed E-state index contributed by atoms with van der Waals surface area (Å²) < 4.78 is 5.31. The maximum Gasteiger partial charge on any atom is 0.410 e. The van der Waals surface area contributed by atoms with Crippen LogP contribution in [0.25, 0.3) is 0 Å². The van der Waals surface area contributed by atoms with Crippen molar-refractivity contribution in [1.29, 1.82) is 0 Å². The SMILES string of the molecule is O=C(OCc1ccccc1)N1CCN(C(=O)c2cc[nH]c2)CC1. The molecule has 0 spiro atoms. The summed E-state index contributed by atoms with van der Waals surface area (Å²) in [5, 5.41) is 0. The summed E-state index contributed by atoms with van der Waals surface area (Å²) in [5.74, 6) is -0.0106. The Morgan fingerprint density at radius 2 is 1.70 bits per heavy atom. The topological polar surface area (TPSA) is 65.6 Å². The monoisotopic (exact) mass is 313 g/mol. The molecule has 0 saturated carbocycles. The van der Waals surface area contributed by atoms with Crippen LogP contribution in [0.15, 0.2) is 48.8 Å². The number of carbonyl (C=O) groups is 2. The summed E-state index contributed by atoms with van der Waals surface area (Å²) in [4.78, 5) is 30.6. The number of carbonyl (C=O) groups excluding carboxylic acids is 2. The van der Waals surface area contributed by atoms with Crippen LogP contribution < -0.4 is 0 Å². The molecule has 6 heteroatoms. The number of benzene rings is 1. The van der Waals surface area contributed by atoms with Gasteiger partial charge in [-0.15, -0.1) is 0 Å². The number of piperazine rings is 1. The Labute approximate surface area is 134 Å². The van der Waals surface area contributed by atoms with Crippen LogP contribution in [-0.4, -0.2) is 53.0 Å². The van der Waals surface area contributed by atoms with Crippen LogP contribution in [0.2, 0.25) is 0 Å². The third-order valence-corrected chi connectivity index (χ3v) is 3.88. The van der Waals surface area contributed by atoms with Crippen molar-refractivity contribution in [3.8, 4) is 0 Å². The van der Waals surface area contributed by atoms with Crippen LogP contribution in [0.3, 0.4) is 0 Å². The number of ether oxygens (including phenoxy) is 1. The van der Waals surface area contributed by atoms with E-state index < -0.39 is 0 Å². The van der Waals surface area contributed by atoms with Crippen molar-refractivity contribution in [3.05, 3.63) is 59.9 Å². The molecule has 0 atom stereocenters. The first-order valence-electron chi connectivity index (χ1n) is 7.62. The molecule has 2 aromatic rings. The zero-order valence-corrected chi connectivity index (χ0v) is 12.8. The number of nitrogens with zero attached hydrogens (tertiary/aromatic N) is 2. The molecule has 0 aliphatic carbocycles. The zero-order chi connectivity index (χ0) is 16.1. The Kier molecular flexibility index (Phi) is 4.61. The van der Waals surface area contributed by atoms with Crippen LogP contribution in [0.5, 0.6) is 0 Å². The van der Waals surface area contributed by atoms with Crippen LogP contribution in [-0.2, 0) is 11.3 Å². The summed E-state index contributed by atoms with van der Waals surface area (Å²) in [6, 6.07) is 11.3. The summed E-state index contributed by atoms with van der Waals surface area (Å²) in [7, 11) is 0. The number of aromatic amines is 1. The number of rotatable bonds is 3. The second kappa shape index (κ2) is 7.00. The highest BCUT2D eigenvalue weighted by Crippen LogP contribution is 2.10. The van der Waals surface area contributed by atoms with Crippen molar-refractivity contribution in [2.24, 2.45) is 0 Å². The molecule has 23 heavy (non-hydrogen) atoms. The Bertz CT molecular complexity index is 647. The fraction of sp³-hybridized carbons (Fsp3) is 0.294. The van der Waals surface area contributed by atoms with Crippen molar-refractivity contribution >= 4 is 12.0 Å². The van der Waals surface area contributed by atoms with Crippen LogP contribution >= 0.6 is 0 Å². The van der Waals surface area contributed by atoms with E-state index in [0.29, 0.717) is 31.7 Å². The highest BCUT2D eigenvalue weighted by atomic mass is 16.6. The van der Waals surface area contributed by atoms with Gasteiger partial charge in [0.25, 0.3) is 5.91 Å². The van der Waals surface area contributed by atoms with E-state index in [1.165, 1.54) is 0 Å². The molecule has 2 heterocycles. The van der Waals surface area contributed by atoms with Gasteiger partial charge in [-0.2, -0.15) is 0 Å². The Balaban J connectivity index is 1.47. The molecule has 1 aliphatic heterocycles. The van der Waals surface area contributed by atoms with Crippen molar-refractivity contribution in [2.45, 2.75) is 6.61 Å². The number of hydrogen-bond donors (Lipinski definition) is 1. The summed E-state index contributed by atoms with van der Waals surface area (Å²) in [6.07, 6.45) is 3.08. The lowest BCUT2D eigenvalue weighted by Gasteiger charge is -2.34. The summed E-state index contributed by atoms with van der Waals surface area (Å²) >= 11 is 0. The van der Waals surface area contributed by atoms with Crippen molar-refractivity contribution in [2.75, 3.05) is 26.2 Å². The largest absolute Gasteiger partial charge is 0.445 e. The molecule has 0 bridgehead atoms. The smallest absolute Gasteiger partial charge is 0.410 e. The minimum absolute atomic E-state index is 0.0106. The van der Waals surface area contributed by atoms with Gasteiger partial charge in [-0.1, -0.05) is 30.3 Å². The fourth-order valence-corrected chi connectivity index (χ4v) is 2.54. The predicted molar refractivity (Wildman–Crippen MR) is 84.9 cm³/mol. The average Bonchev–Trinajstić information content (AvgIpc) is 3.15. The van der Waals surface area contributed by atoms with Gasteiger partial charge in [0.15, 0.2) is 0 Å². The maximum absolute atomic E-state index is 12.2. The second-order valence-electron chi connectivity index (χ2n) is 5.42. The Hall–Kier alpha value is -2.76. The maximum atomic E-state index is 12.2. The normalized spacial score (nSPS) is 14.6. The average molecular weight is 313 g/mol. The lowest BCUT2D eigenvalue weighted by Crippen LogP contribution is -2.50. The number of aromatic nitrogens is 1. The standard InChI is InChI=1S/C17H19N3O3/c21-16(15-6-7-18-12-15)19-8-10-20(11-9-19)17(22)23-13-14-4-2-1-3-5-14/h1-7,12,18H,8-11,13H2. The lowest BCUT2D eigenvalue weighted by atomic mass is 10.2. The van der Waals surface area contributed by atoms with Crippen LogP contribution in [0.4, 0.5) is 4.79 Å².